The highest BCUT2D eigenvalue weighted by molar-refractivity contribution is 5.98. The minimum atomic E-state index is -0.189. The summed E-state index contributed by atoms with van der Waals surface area (Å²) in [5, 5.41) is 0. The van der Waals surface area contributed by atoms with Crippen LogP contribution in [0.2, 0.25) is 0 Å². The minimum absolute atomic E-state index is 0.0457. The van der Waals surface area contributed by atoms with Crippen LogP contribution < -0.4 is 0 Å². The van der Waals surface area contributed by atoms with E-state index in [-0.39, 0.29) is 17.2 Å². The number of hydrogen-bond acceptors (Lipinski definition) is 3. The second kappa shape index (κ2) is 4.92. The highest BCUT2D eigenvalue weighted by Crippen LogP contribution is 2.31. The Kier molecular flexibility index (Phi) is 3.50. The highest BCUT2D eigenvalue weighted by atomic mass is 16.2. The number of amides is 2. The van der Waals surface area contributed by atoms with Gasteiger partial charge in [-0.25, -0.2) is 4.98 Å². The van der Waals surface area contributed by atoms with Crippen molar-refractivity contribution in [1.29, 1.82) is 0 Å². The van der Waals surface area contributed by atoms with Gasteiger partial charge in [0.05, 0.1) is 0 Å². The third-order valence-corrected chi connectivity index (χ3v) is 3.21. The number of rotatable bonds is 4. The highest BCUT2D eigenvalue weighted by Gasteiger charge is 2.36. The summed E-state index contributed by atoms with van der Waals surface area (Å²) in [4.78, 5) is 32.3. The van der Waals surface area contributed by atoms with Gasteiger partial charge in [0.15, 0.2) is 0 Å². The van der Waals surface area contributed by atoms with Crippen LogP contribution >= 0.6 is 0 Å². The first-order valence-corrected chi connectivity index (χ1v) is 6.29. The van der Waals surface area contributed by atoms with Crippen molar-refractivity contribution < 1.29 is 9.59 Å². The van der Waals surface area contributed by atoms with Gasteiger partial charge >= 0.3 is 0 Å². The number of piperidine rings is 1. The molecular formula is C13H19N3O2. The van der Waals surface area contributed by atoms with Crippen LogP contribution in [-0.4, -0.2) is 33.2 Å². The van der Waals surface area contributed by atoms with E-state index in [0.717, 1.165) is 18.7 Å². The molecule has 1 saturated heterocycles. The number of carbonyl (C=O) groups excluding carboxylic acids is 2. The first kappa shape index (κ1) is 12.8. The summed E-state index contributed by atoms with van der Waals surface area (Å²) in [6.07, 6.45) is 5.90. The quantitative estimate of drug-likeness (QED) is 0.823. The predicted molar refractivity (Wildman–Crippen MR) is 66.6 cm³/mol. The van der Waals surface area contributed by atoms with Gasteiger partial charge in [-0.15, -0.1) is 0 Å². The topological polar surface area (TPSA) is 66.1 Å². The van der Waals surface area contributed by atoms with E-state index >= 15 is 0 Å². The van der Waals surface area contributed by atoms with Crippen LogP contribution in [0.1, 0.15) is 38.9 Å². The number of carbonyl (C=O) groups is 2. The maximum Gasteiger partial charge on any atom is 0.229 e. The number of H-pyrrole nitrogens is 1. The zero-order valence-corrected chi connectivity index (χ0v) is 10.9. The lowest BCUT2D eigenvalue weighted by atomic mass is 9.82. The molecule has 1 fully saturated rings. The molecule has 1 aliphatic heterocycles. The molecule has 0 saturated carbocycles. The molecule has 2 rings (SSSR count). The number of aromatic nitrogens is 2. The fourth-order valence-electron chi connectivity index (χ4n) is 2.30. The van der Waals surface area contributed by atoms with Gasteiger partial charge in [-0.05, 0) is 11.8 Å². The minimum Gasteiger partial charge on any atom is -0.349 e. The van der Waals surface area contributed by atoms with E-state index in [1.54, 1.807) is 12.4 Å². The molecule has 5 heteroatoms. The zero-order chi connectivity index (χ0) is 13.2. The molecule has 1 N–H and O–H groups in total. The fraction of sp³-hybridized carbons (Fsp3) is 0.615. The molecule has 2 amide bonds. The third kappa shape index (κ3) is 2.97. The Labute approximate surface area is 107 Å². The number of likely N-dealkylation sites (tertiary alicyclic amines) is 1. The van der Waals surface area contributed by atoms with Gasteiger partial charge in [0.2, 0.25) is 11.8 Å². The molecule has 0 radical (unpaired) electrons. The maximum atomic E-state index is 11.9. The fourth-order valence-corrected chi connectivity index (χ4v) is 2.30. The van der Waals surface area contributed by atoms with Crippen molar-refractivity contribution in [1.82, 2.24) is 14.9 Å². The third-order valence-electron chi connectivity index (χ3n) is 3.21. The summed E-state index contributed by atoms with van der Waals surface area (Å²) in [5.74, 6) is 0.804. The molecule has 1 aromatic heterocycles. The lowest BCUT2D eigenvalue weighted by Crippen LogP contribution is -2.46. The summed E-state index contributed by atoms with van der Waals surface area (Å²) in [5.41, 5.74) is -0.189. The SMILES string of the molecule is CC1(C)CC(=O)N(CCCc2ncc[nH]2)C(=O)C1. The predicted octanol–water partition coefficient (Wildman–Crippen LogP) is 1.52. The summed E-state index contributed by atoms with van der Waals surface area (Å²) in [6.45, 7) is 4.42. The van der Waals surface area contributed by atoms with Gasteiger partial charge in [0.1, 0.15) is 5.82 Å². The molecule has 18 heavy (non-hydrogen) atoms. The van der Waals surface area contributed by atoms with E-state index in [2.05, 4.69) is 9.97 Å². The van der Waals surface area contributed by atoms with E-state index in [0.29, 0.717) is 19.4 Å². The molecule has 0 atom stereocenters. The van der Waals surface area contributed by atoms with Crippen molar-refractivity contribution in [2.24, 2.45) is 5.41 Å². The lowest BCUT2D eigenvalue weighted by molar-refractivity contribution is -0.152. The number of imidazole rings is 1. The molecule has 0 aliphatic carbocycles. The number of imide groups is 1. The summed E-state index contributed by atoms with van der Waals surface area (Å²) in [7, 11) is 0. The second-order valence-electron chi connectivity index (χ2n) is 5.60. The van der Waals surface area contributed by atoms with Crippen LogP contribution in [0.15, 0.2) is 12.4 Å². The van der Waals surface area contributed by atoms with Gasteiger partial charge in [-0.2, -0.15) is 0 Å². The van der Waals surface area contributed by atoms with Crippen molar-refractivity contribution >= 4 is 11.8 Å². The molecule has 1 aliphatic rings. The number of nitrogens with zero attached hydrogens (tertiary/aromatic N) is 2. The summed E-state index contributed by atoms with van der Waals surface area (Å²) in [6, 6.07) is 0. The maximum absolute atomic E-state index is 11.9. The Bertz CT molecular complexity index is 417. The summed E-state index contributed by atoms with van der Waals surface area (Å²) >= 11 is 0. The van der Waals surface area contributed by atoms with Crippen LogP contribution in [0, 0.1) is 5.41 Å². The first-order valence-electron chi connectivity index (χ1n) is 6.29. The van der Waals surface area contributed by atoms with Gasteiger partial charge in [-0.1, -0.05) is 13.8 Å². The Morgan fingerprint density at radius 2 is 2.00 bits per heavy atom. The lowest BCUT2D eigenvalue weighted by Gasteiger charge is -2.34. The Morgan fingerprint density at radius 3 is 2.56 bits per heavy atom. The smallest absolute Gasteiger partial charge is 0.229 e. The van der Waals surface area contributed by atoms with Crippen LogP contribution in [0.3, 0.4) is 0 Å². The van der Waals surface area contributed by atoms with Crippen LogP contribution in [0.5, 0.6) is 0 Å². The van der Waals surface area contributed by atoms with Gasteiger partial charge in [0, 0.05) is 38.2 Å². The van der Waals surface area contributed by atoms with Gasteiger partial charge < -0.3 is 4.98 Å². The van der Waals surface area contributed by atoms with Crippen molar-refractivity contribution in [2.45, 2.75) is 39.5 Å². The Morgan fingerprint density at radius 1 is 1.33 bits per heavy atom. The van der Waals surface area contributed by atoms with E-state index in [9.17, 15) is 9.59 Å². The molecular weight excluding hydrogens is 230 g/mol. The van der Waals surface area contributed by atoms with Crippen LogP contribution in [0.25, 0.3) is 0 Å². The molecule has 0 aromatic carbocycles. The average Bonchev–Trinajstić information content (AvgIpc) is 2.73. The van der Waals surface area contributed by atoms with Crippen molar-refractivity contribution in [3.63, 3.8) is 0 Å². The van der Waals surface area contributed by atoms with E-state index < -0.39 is 0 Å². The van der Waals surface area contributed by atoms with E-state index in [4.69, 9.17) is 0 Å². The second-order valence-corrected chi connectivity index (χ2v) is 5.60. The number of nitrogens with one attached hydrogen (secondary N) is 1. The Balaban J connectivity index is 1.86. The van der Waals surface area contributed by atoms with Gasteiger partial charge in [-0.3, -0.25) is 14.5 Å². The number of aryl methyl sites for hydroxylation is 1. The monoisotopic (exact) mass is 249 g/mol. The number of hydrogen-bond donors (Lipinski definition) is 1. The molecule has 5 nitrogen and oxygen atoms in total. The molecule has 0 spiro atoms. The first-order chi connectivity index (χ1) is 8.48. The van der Waals surface area contributed by atoms with Crippen molar-refractivity contribution in [3.8, 4) is 0 Å². The van der Waals surface area contributed by atoms with Crippen LogP contribution in [-0.2, 0) is 16.0 Å². The summed E-state index contributed by atoms with van der Waals surface area (Å²) < 4.78 is 0. The normalized spacial score (nSPS) is 19.3. The molecule has 0 bridgehead atoms. The molecule has 1 aromatic rings. The Hall–Kier alpha value is -1.65. The van der Waals surface area contributed by atoms with Gasteiger partial charge in [0.25, 0.3) is 0 Å². The number of aromatic amines is 1. The standard InChI is InChI=1S/C13H19N3O2/c1-13(2)8-11(17)16(12(18)9-13)7-3-4-10-14-5-6-15-10/h5-6H,3-4,7-9H2,1-2H3,(H,14,15). The van der Waals surface area contributed by atoms with Crippen molar-refractivity contribution in [2.75, 3.05) is 6.54 Å². The average molecular weight is 249 g/mol. The largest absolute Gasteiger partial charge is 0.349 e. The van der Waals surface area contributed by atoms with E-state index in [1.807, 2.05) is 13.8 Å². The van der Waals surface area contributed by atoms with E-state index in [1.165, 1.54) is 4.90 Å². The molecule has 98 valence electrons. The molecule has 0 unspecified atom stereocenters. The van der Waals surface area contributed by atoms with Crippen molar-refractivity contribution in [3.05, 3.63) is 18.2 Å². The zero-order valence-electron chi connectivity index (χ0n) is 10.9. The van der Waals surface area contributed by atoms with Crippen LogP contribution in [0.4, 0.5) is 0 Å². The molecule has 2 heterocycles.